The summed E-state index contributed by atoms with van der Waals surface area (Å²) in [5.41, 5.74) is 1.56. The van der Waals surface area contributed by atoms with Crippen LogP contribution in [0, 0.1) is 11.3 Å². The van der Waals surface area contributed by atoms with Gasteiger partial charge in [0.25, 0.3) is 0 Å². The average Bonchev–Trinajstić information content (AvgIpc) is 2.92. The van der Waals surface area contributed by atoms with E-state index < -0.39 is 0 Å². The number of hydrogen-bond acceptors (Lipinski definition) is 4. The highest BCUT2D eigenvalue weighted by atomic mass is 79.9. The number of hydrogen-bond donors (Lipinski definition) is 0. The van der Waals surface area contributed by atoms with Crippen molar-refractivity contribution in [1.29, 1.82) is 5.26 Å². The van der Waals surface area contributed by atoms with Gasteiger partial charge in [-0.05, 0) is 62.9 Å². The minimum absolute atomic E-state index is 0.428. The number of benzene rings is 1. The summed E-state index contributed by atoms with van der Waals surface area (Å²) in [6.07, 6.45) is 3.61. The van der Waals surface area contributed by atoms with E-state index in [9.17, 15) is 0 Å². The van der Waals surface area contributed by atoms with Gasteiger partial charge in [-0.2, -0.15) is 15.4 Å². The molecule has 0 amide bonds. The molecule has 0 aliphatic heterocycles. The standard InChI is InChI=1S/C15H13Br3N4O/c1-2-23-9-20-15-11(7-19)8-21-22(15)4-3-10-5-13(17)14(18)6-12(10)16/h5-6,8-9H,2-4H2,1H3/b20-9+. The van der Waals surface area contributed by atoms with Gasteiger partial charge in [-0.1, -0.05) is 15.9 Å². The number of rotatable bonds is 6. The van der Waals surface area contributed by atoms with Crippen molar-refractivity contribution in [3.63, 3.8) is 0 Å². The Morgan fingerprint density at radius 2 is 2.04 bits per heavy atom. The highest BCUT2D eigenvalue weighted by Crippen LogP contribution is 2.30. The lowest BCUT2D eigenvalue weighted by molar-refractivity contribution is 0.343. The molecule has 2 aromatic rings. The molecular weight excluding hydrogens is 492 g/mol. The molecule has 8 heteroatoms. The largest absolute Gasteiger partial charge is 0.483 e. The third kappa shape index (κ3) is 4.66. The van der Waals surface area contributed by atoms with Crippen LogP contribution in [0.15, 0.2) is 36.7 Å². The molecule has 0 N–H and O–H groups in total. The van der Waals surface area contributed by atoms with Crippen molar-refractivity contribution in [3.8, 4) is 6.07 Å². The molecule has 0 saturated heterocycles. The Morgan fingerprint density at radius 1 is 1.30 bits per heavy atom. The first-order valence-electron chi connectivity index (χ1n) is 6.80. The van der Waals surface area contributed by atoms with E-state index in [4.69, 9.17) is 10.00 Å². The van der Waals surface area contributed by atoms with Gasteiger partial charge in [-0.25, -0.2) is 4.68 Å². The van der Waals surface area contributed by atoms with Crippen LogP contribution in [0.5, 0.6) is 0 Å². The first kappa shape index (κ1) is 18.2. The molecule has 0 atom stereocenters. The topological polar surface area (TPSA) is 63.2 Å². The van der Waals surface area contributed by atoms with Gasteiger partial charge in [-0.3, -0.25) is 0 Å². The fourth-order valence-corrected chi connectivity index (χ4v) is 3.48. The molecular formula is C15H13Br3N4O. The van der Waals surface area contributed by atoms with E-state index in [1.165, 1.54) is 12.6 Å². The molecule has 0 saturated carbocycles. The maximum atomic E-state index is 9.15. The van der Waals surface area contributed by atoms with Crippen molar-refractivity contribution < 1.29 is 4.74 Å². The Labute approximate surface area is 159 Å². The van der Waals surface area contributed by atoms with Crippen molar-refractivity contribution in [1.82, 2.24) is 9.78 Å². The van der Waals surface area contributed by atoms with Crippen molar-refractivity contribution in [3.05, 3.63) is 42.9 Å². The monoisotopic (exact) mass is 502 g/mol. The van der Waals surface area contributed by atoms with Crippen LogP contribution in [0.2, 0.25) is 0 Å². The lowest BCUT2D eigenvalue weighted by Crippen LogP contribution is -2.04. The van der Waals surface area contributed by atoms with Gasteiger partial charge in [0.05, 0.1) is 12.8 Å². The summed E-state index contributed by atoms with van der Waals surface area (Å²) in [5.74, 6) is 0.508. The maximum Gasteiger partial charge on any atom is 0.176 e. The molecule has 5 nitrogen and oxygen atoms in total. The van der Waals surface area contributed by atoms with Crippen molar-refractivity contribution in [2.45, 2.75) is 19.9 Å². The van der Waals surface area contributed by atoms with Crippen LogP contribution >= 0.6 is 47.8 Å². The second-order valence-electron chi connectivity index (χ2n) is 4.51. The molecule has 0 unspecified atom stereocenters. The van der Waals surface area contributed by atoms with Crippen LogP contribution in [-0.4, -0.2) is 22.8 Å². The molecule has 23 heavy (non-hydrogen) atoms. The predicted molar refractivity (Wildman–Crippen MR) is 100.0 cm³/mol. The quantitative estimate of drug-likeness (QED) is 0.316. The third-order valence-corrected chi connectivity index (χ3v) is 5.61. The van der Waals surface area contributed by atoms with Gasteiger partial charge in [0.2, 0.25) is 0 Å². The van der Waals surface area contributed by atoms with Crippen LogP contribution in [0.4, 0.5) is 5.82 Å². The number of aliphatic imine (C=N–C) groups is 1. The molecule has 1 aromatic heterocycles. The van der Waals surface area contributed by atoms with Gasteiger partial charge >= 0.3 is 0 Å². The number of ether oxygens (including phenoxy) is 1. The van der Waals surface area contributed by atoms with E-state index in [0.717, 1.165) is 25.4 Å². The summed E-state index contributed by atoms with van der Waals surface area (Å²) in [5, 5.41) is 13.4. The van der Waals surface area contributed by atoms with E-state index in [2.05, 4.69) is 64.0 Å². The smallest absolute Gasteiger partial charge is 0.176 e. The summed E-state index contributed by atoms with van der Waals surface area (Å²) in [6.45, 7) is 3.00. The van der Waals surface area contributed by atoms with Gasteiger partial charge in [-0.15, -0.1) is 0 Å². The Hall–Kier alpha value is -1.17. The van der Waals surface area contributed by atoms with E-state index in [0.29, 0.717) is 24.5 Å². The predicted octanol–water partition coefficient (Wildman–Crippen LogP) is 4.98. The van der Waals surface area contributed by atoms with E-state index in [1.54, 1.807) is 4.68 Å². The third-order valence-electron chi connectivity index (χ3n) is 3.03. The second-order valence-corrected chi connectivity index (χ2v) is 7.08. The zero-order valence-electron chi connectivity index (χ0n) is 12.3. The Morgan fingerprint density at radius 3 is 2.74 bits per heavy atom. The number of aryl methyl sites for hydroxylation is 2. The molecule has 2 rings (SSSR count). The number of halogens is 3. The fraction of sp³-hybridized carbons (Fsp3) is 0.267. The Kier molecular flexibility index (Phi) is 6.81. The van der Waals surface area contributed by atoms with Crippen molar-refractivity contribution in [2.75, 3.05) is 6.61 Å². The fourth-order valence-electron chi connectivity index (χ4n) is 1.90. The van der Waals surface area contributed by atoms with E-state index >= 15 is 0 Å². The van der Waals surface area contributed by atoms with Crippen LogP contribution < -0.4 is 0 Å². The summed E-state index contributed by atoms with van der Waals surface area (Å²) >= 11 is 10.5. The molecule has 0 aliphatic carbocycles. The minimum Gasteiger partial charge on any atom is -0.483 e. The molecule has 0 radical (unpaired) electrons. The van der Waals surface area contributed by atoms with Crippen LogP contribution in [0.3, 0.4) is 0 Å². The summed E-state index contributed by atoms with van der Waals surface area (Å²) in [7, 11) is 0. The number of nitriles is 1. The first-order valence-corrected chi connectivity index (χ1v) is 9.18. The zero-order chi connectivity index (χ0) is 16.8. The minimum atomic E-state index is 0.428. The van der Waals surface area contributed by atoms with Crippen LogP contribution in [-0.2, 0) is 17.7 Å². The van der Waals surface area contributed by atoms with Gasteiger partial charge in [0, 0.05) is 20.0 Å². The SMILES string of the molecule is CCO/C=N/c1c(C#N)cnn1CCc1cc(Br)c(Br)cc1Br. The van der Waals surface area contributed by atoms with Gasteiger partial charge < -0.3 is 4.74 Å². The van der Waals surface area contributed by atoms with Crippen molar-refractivity contribution >= 4 is 60.0 Å². The van der Waals surface area contributed by atoms with Crippen LogP contribution in [0.25, 0.3) is 0 Å². The maximum absolute atomic E-state index is 9.15. The molecule has 1 aromatic carbocycles. The van der Waals surface area contributed by atoms with Gasteiger partial charge in [0.1, 0.15) is 11.6 Å². The van der Waals surface area contributed by atoms with E-state index in [1.807, 2.05) is 19.1 Å². The Bertz CT molecular complexity index is 765. The molecule has 0 fully saturated rings. The average molecular weight is 505 g/mol. The number of nitrogens with zero attached hydrogens (tertiary/aromatic N) is 4. The Balaban J connectivity index is 2.19. The van der Waals surface area contributed by atoms with Crippen molar-refractivity contribution in [2.24, 2.45) is 4.99 Å². The summed E-state index contributed by atoms with van der Waals surface area (Å²) < 4.78 is 9.81. The molecule has 0 bridgehead atoms. The molecule has 0 spiro atoms. The molecule has 0 aliphatic rings. The van der Waals surface area contributed by atoms with Gasteiger partial charge in [0.15, 0.2) is 12.2 Å². The summed E-state index contributed by atoms with van der Waals surface area (Å²) in [6, 6.07) is 6.14. The molecule has 120 valence electrons. The highest BCUT2D eigenvalue weighted by Gasteiger charge is 2.11. The first-order chi connectivity index (χ1) is 11.1. The highest BCUT2D eigenvalue weighted by molar-refractivity contribution is 9.13. The second kappa shape index (κ2) is 8.62. The lowest BCUT2D eigenvalue weighted by atomic mass is 10.1. The summed E-state index contributed by atoms with van der Waals surface area (Å²) in [4.78, 5) is 4.20. The lowest BCUT2D eigenvalue weighted by Gasteiger charge is -2.08. The normalized spacial score (nSPS) is 10.9. The molecule has 1 heterocycles. The number of aromatic nitrogens is 2. The van der Waals surface area contributed by atoms with E-state index in [-0.39, 0.29) is 0 Å². The zero-order valence-corrected chi connectivity index (χ0v) is 17.0. The van der Waals surface area contributed by atoms with Crippen LogP contribution in [0.1, 0.15) is 18.1 Å².